The Kier molecular flexibility index (Phi) is 6.10. The van der Waals surface area contributed by atoms with Gasteiger partial charge in [-0.15, -0.1) is 0 Å². The lowest BCUT2D eigenvalue weighted by molar-refractivity contribution is -0.120. The molecule has 0 atom stereocenters. The number of anilines is 4. The van der Waals surface area contributed by atoms with Crippen molar-refractivity contribution in [1.29, 1.82) is 0 Å². The number of piperidine rings is 1. The van der Waals surface area contributed by atoms with E-state index in [1.54, 1.807) is 12.1 Å². The molecule has 2 saturated carbocycles. The maximum Gasteiger partial charge on any atom is 0.259 e. The average Bonchev–Trinajstić information content (AvgIpc) is 3.34. The highest BCUT2D eigenvalue weighted by Crippen LogP contribution is 2.54. The number of aliphatic hydroxyl groups excluding tert-OH is 1. The molecule has 0 radical (unpaired) electrons. The molecule has 3 fully saturated rings. The van der Waals surface area contributed by atoms with Gasteiger partial charge in [0.25, 0.3) is 5.91 Å². The van der Waals surface area contributed by atoms with Crippen LogP contribution < -0.4 is 20.3 Å². The van der Waals surface area contributed by atoms with E-state index in [4.69, 9.17) is 5.11 Å². The second kappa shape index (κ2) is 9.23. The van der Waals surface area contributed by atoms with Gasteiger partial charge in [0.15, 0.2) is 0 Å². The molecule has 6 rings (SSSR count). The highest BCUT2D eigenvalue weighted by molar-refractivity contribution is 7.92. The minimum atomic E-state index is -3.76. The summed E-state index contributed by atoms with van der Waals surface area (Å²) in [6, 6.07) is 8.59. The molecule has 10 nitrogen and oxygen atoms in total. The van der Waals surface area contributed by atoms with Gasteiger partial charge in [-0.3, -0.25) is 14.3 Å². The number of benzene rings is 1. The van der Waals surface area contributed by atoms with E-state index in [2.05, 4.69) is 25.2 Å². The maximum absolute atomic E-state index is 13.6. The smallest absolute Gasteiger partial charge is 0.259 e. The van der Waals surface area contributed by atoms with Crippen molar-refractivity contribution >= 4 is 44.8 Å². The van der Waals surface area contributed by atoms with Crippen LogP contribution in [-0.2, 0) is 20.2 Å². The number of hydrogen-bond acceptors (Lipinski definition) is 7. The summed E-state index contributed by atoms with van der Waals surface area (Å²) in [6.07, 6.45) is 8.13. The predicted octanol–water partition coefficient (Wildman–Crippen LogP) is 3.21. The first-order valence-electron chi connectivity index (χ1n) is 13.4. The summed E-state index contributed by atoms with van der Waals surface area (Å²) in [5.74, 6) is -0.191. The summed E-state index contributed by atoms with van der Waals surface area (Å²) in [6.45, 7) is 0.991. The first kappa shape index (κ1) is 25.1. The van der Waals surface area contributed by atoms with Gasteiger partial charge in [-0.1, -0.05) is 12.8 Å². The Balaban J connectivity index is 1.28. The van der Waals surface area contributed by atoms with Crippen LogP contribution in [0.1, 0.15) is 67.3 Å². The monoisotopic (exact) mass is 539 g/mol. The van der Waals surface area contributed by atoms with Crippen molar-refractivity contribution in [3.63, 3.8) is 0 Å². The summed E-state index contributed by atoms with van der Waals surface area (Å²) in [5, 5.41) is 15.1. The number of aromatic nitrogens is 1. The molecule has 2 aliphatic heterocycles. The fourth-order valence-electron chi connectivity index (χ4n) is 6.29. The molecule has 4 N–H and O–H groups in total. The number of nitrogens with one attached hydrogen (secondary N) is 3. The second-order valence-electron chi connectivity index (χ2n) is 11.2. The minimum absolute atomic E-state index is 0.0396. The summed E-state index contributed by atoms with van der Waals surface area (Å²) in [4.78, 5) is 33.0. The van der Waals surface area contributed by atoms with Crippen molar-refractivity contribution in [2.24, 2.45) is 5.41 Å². The molecule has 0 bridgehead atoms. The molecule has 38 heavy (non-hydrogen) atoms. The topological polar surface area (TPSA) is 141 Å². The SMILES string of the molecule is O=C(Nc1ccc2c(c1)C1(CCCC1)C(=O)N2)c1ccc(NS(=O)(=O)CCO)nc1N1CCC2(CC1)CC2. The van der Waals surface area contributed by atoms with Crippen LogP contribution >= 0.6 is 0 Å². The molecular weight excluding hydrogens is 506 g/mol. The molecule has 1 saturated heterocycles. The van der Waals surface area contributed by atoms with Crippen LogP contribution in [0.25, 0.3) is 0 Å². The van der Waals surface area contributed by atoms with Gasteiger partial charge < -0.3 is 20.6 Å². The Morgan fingerprint density at radius 2 is 1.79 bits per heavy atom. The van der Waals surface area contributed by atoms with E-state index in [9.17, 15) is 18.0 Å². The predicted molar refractivity (Wildman–Crippen MR) is 145 cm³/mol. The Bertz CT molecular complexity index is 1390. The van der Waals surface area contributed by atoms with Crippen molar-refractivity contribution in [3.8, 4) is 0 Å². The van der Waals surface area contributed by atoms with Crippen LogP contribution in [0.3, 0.4) is 0 Å². The van der Waals surface area contributed by atoms with Gasteiger partial charge in [0, 0.05) is 24.5 Å². The number of rotatable bonds is 7. The maximum atomic E-state index is 13.6. The zero-order valence-electron chi connectivity index (χ0n) is 21.3. The molecular formula is C27H33N5O5S. The van der Waals surface area contributed by atoms with Crippen LogP contribution in [0.2, 0.25) is 0 Å². The van der Waals surface area contributed by atoms with E-state index in [0.717, 1.165) is 62.9 Å². The van der Waals surface area contributed by atoms with Gasteiger partial charge in [-0.25, -0.2) is 13.4 Å². The molecule has 0 unspecified atom stereocenters. The number of fused-ring (bicyclic) bond motifs is 2. The molecule has 1 aromatic heterocycles. The Hall–Kier alpha value is -3.18. The van der Waals surface area contributed by atoms with Crippen LogP contribution in [0.5, 0.6) is 0 Å². The molecule has 2 aromatic rings. The van der Waals surface area contributed by atoms with Gasteiger partial charge in [0.1, 0.15) is 11.6 Å². The van der Waals surface area contributed by atoms with Gasteiger partial charge in [-0.2, -0.15) is 0 Å². The van der Waals surface area contributed by atoms with Crippen molar-refractivity contribution in [2.45, 2.75) is 56.8 Å². The first-order valence-corrected chi connectivity index (χ1v) is 15.0. The first-order chi connectivity index (χ1) is 18.2. The number of nitrogens with zero attached hydrogens (tertiary/aromatic N) is 2. The van der Waals surface area contributed by atoms with Crippen LogP contribution in [-0.4, -0.2) is 55.8 Å². The lowest BCUT2D eigenvalue weighted by Crippen LogP contribution is -2.36. The van der Waals surface area contributed by atoms with E-state index in [1.807, 2.05) is 12.1 Å². The zero-order chi connectivity index (χ0) is 26.5. The molecule has 202 valence electrons. The van der Waals surface area contributed by atoms with E-state index in [0.29, 0.717) is 22.5 Å². The number of carbonyl (C=O) groups excluding carboxylic acids is 2. The number of pyridine rings is 1. The number of amides is 2. The summed E-state index contributed by atoms with van der Waals surface area (Å²) in [5.41, 5.74) is 2.61. The summed E-state index contributed by atoms with van der Waals surface area (Å²) >= 11 is 0. The van der Waals surface area contributed by atoms with Crippen molar-refractivity contribution in [3.05, 3.63) is 41.5 Å². The molecule has 11 heteroatoms. The standard InChI is InChI=1S/C27H33N5O5S/c33-15-16-38(36,37)31-22-6-4-19(23(30-22)32-13-11-26(9-10-26)12-14-32)24(34)28-18-3-5-21-20(17-18)27(25(35)29-21)7-1-2-8-27/h3-6,17,33H,1-2,7-16H2,(H,28,34)(H,29,35)(H,30,31). The fraction of sp³-hybridized carbons (Fsp3) is 0.519. The van der Waals surface area contributed by atoms with Gasteiger partial charge in [0.2, 0.25) is 15.9 Å². The Morgan fingerprint density at radius 1 is 1.05 bits per heavy atom. The largest absolute Gasteiger partial charge is 0.395 e. The normalized spacial score (nSPS) is 20.9. The van der Waals surface area contributed by atoms with Crippen LogP contribution in [0.4, 0.5) is 23.0 Å². The van der Waals surface area contributed by atoms with E-state index >= 15 is 0 Å². The van der Waals surface area contributed by atoms with Crippen molar-refractivity contribution in [1.82, 2.24) is 4.98 Å². The van der Waals surface area contributed by atoms with Gasteiger partial charge in [0.05, 0.1) is 23.3 Å². The third-order valence-electron chi connectivity index (χ3n) is 8.75. The number of sulfonamides is 1. The number of hydrogen-bond donors (Lipinski definition) is 4. The van der Waals surface area contributed by atoms with Crippen LogP contribution in [0.15, 0.2) is 30.3 Å². The molecule has 2 amide bonds. The van der Waals surface area contributed by atoms with Crippen molar-refractivity contribution in [2.75, 3.05) is 45.7 Å². The number of carbonyl (C=O) groups is 2. The van der Waals surface area contributed by atoms with Crippen LogP contribution in [0, 0.1) is 5.41 Å². The lowest BCUT2D eigenvalue weighted by Gasteiger charge is -2.34. The minimum Gasteiger partial charge on any atom is -0.395 e. The quantitative estimate of drug-likeness (QED) is 0.423. The Morgan fingerprint density at radius 3 is 2.47 bits per heavy atom. The molecule has 2 aliphatic carbocycles. The number of aliphatic hydroxyl groups is 1. The average molecular weight is 540 g/mol. The van der Waals surface area contributed by atoms with E-state index in [-0.39, 0.29) is 17.6 Å². The van der Waals surface area contributed by atoms with E-state index < -0.39 is 27.8 Å². The van der Waals surface area contributed by atoms with Gasteiger partial charge in [-0.05, 0) is 79.8 Å². The highest BCUT2D eigenvalue weighted by atomic mass is 32.2. The summed E-state index contributed by atoms with van der Waals surface area (Å²) < 4.78 is 26.9. The fourth-order valence-corrected chi connectivity index (χ4v) is 7.06. The van der Waals surface area contributed by atoms with Gasteiger partial charge >= 0.3 is 0 Å². The Labute approximate surface area is 222 Å². The highest BCUT2D eigenvalue weighted by Gasteiger charge is 2.48. The molecule has 4 aliphatic rings. The second-order valence-corrected chi connectivity index (χ2v) is 13.0. The zero-order valence-corrected chi connectivity index (χ0v) is 22.1. The molecule has 1 aromatic carbocycles. The third-order valence-corrected chi connectivity index (χ3v) is 9.99. The lowest BCUT2D eigenvalue weighted by atomic mass is 9.80. The summed E-state index contributed by atoms with van der Waals surface area (Å²) in [7, 11) is -3.76. The van der Waals surface area contributed by atoms with Crippen molar-refractivity contribution < 1.29 is 23.1 Å². The third kappa shape index (κ3) is 4.51. The molecule has 3 heterocycles. The molecule has 2 spiro atoms. The van der Waals surface area contributed by atoms with E-state index in [1.165, 1.54) is 18.9 Å².